The Labute approximate surface area is 83.0 Å². The Balaban J connectivity index is 2.41. The summed E-state index contributed by atoms with van der Waals surface area (Å²) in [5.41, 5.74) is 9.09. The first-order chi connectivity index (χ1) is 6.77. The van der Waals surface area contributed by atoms with Crippen molar-refractivity contribution >= 4 is 0 Å². The Morgan fingerprint density at radius 1 is 1.36 bits per heavy atom. The number of nitrogens with zero attached hydrogens (tertiary/aromatic N) is 1. The molecule has 0 aliphatic carbocycles. The van der Waals surface area contributed by atoms with Crippen molar-refractivity contribution in [2.45, 2.75) is 13.0 Å². The summed E-state index contributed by atoms with van der Waals surface area (Å²) < 4.78 is 0. The lowest BCUT2D eigenvalue weighted by atomic mass is 10.0. The summed E-state index contributed by atoms with van der Waals surface area (Å²) in [5, 5.41) is 6.85. The molecule has 2 rings (SSSR count). The van der Waals surface area contributed by atoms with Gasteiger partial charge in [-0.25, -0.2) is 0 Å². The minimum atomic E-state index is 0.0675. The lowest BCUT2D eigenvalue weighted by Crippen LogP contribution is -2.04. The average Bonchev–Trinajstić information content (AvgIpc) is 2.71. The fourth-order valence-electron chi connectivity index (χ4n) is 1.41. The average molecular weight is 187 g/mol. The van der Waals surface area contributed by atoms with Crippen LogP contribution in [-0.2, 0) is 0 Å². The van der Waals surface area contributed by atoms with Crippen LogP contribution in [0, 0.1) is 0 Å². The van der Waals surface area contributed by atoms with Gasteiger partial charge in [0.25, 0.3) is 0 Å². The lowest BCUT2D eigenvalue weighted by molar-refractivity contribution is 0.818. The van der Waals surface area contributed by atoms with Gasteiger partial charge in [0.15, 0.2) is 0 Å². The Kier molecular flexibility index (Phi) is 2.33. The van der Waals surface area contributed by atoms with Gasteiger partial charge in [-0.15, -0.1) is 0 Å². The molecular weight excluding hydrogens is 174 g/mol. The van der Waals surface area contributed by atoms with E-state index in [9.17, 15) is 0 Å². The zero-order chi connectivity index (χ0) is 9.97. The lowest BCUT2D eigenvalue weighted by Gasteiger charge is -2.06. The summed E-state index contributed by atoms with van der Waals surface area (Å²) in [6.07, 6.45) is 1.74. The minimum Gasteiger partial charge on any atom is -0.324 e. The van der Waals surface area contributed by atoms with Crippen LogP contribution in [0.3, 0.4) is 0 Å². The van der Waals surface area contributed by atoms with E-state index in [1.807, 2.05) is 31.2 Å². The van der Waals surface area contributed by atoms with Crippen LogP contribution in [0.2, 0.25) is 0 Å². The predicted octanol–water partition coefficient (Wildman–Crippen LogP) is 2.10. The summed E-state index contributed by atoms with van der Waals surface area (Å²) in [7, 11) is 0. The molecule has 1 atom stereocenters. The third-order valence-corrected chi connectivity index (χ3v) is 2.22. The molecular formula is C11H13N3. The monoisotopic (exact) mass is 187 g/mol. The molecule has 14 heavy (non-hydrogen) atoms. The SMILES string of the molecule is CC(N)c1cccc(-c2ccn[nH]2)c1. The zero-order valence-corrected chi connectivity index (χ0v) is 8.07. The molecule has 0 saturated carbocycles. The van der Waals surface area contributed by atoms with Gasteiger partial charge in [-0.05, 0) is 30.2 Å². The van der Waals surface area contributed by atoms with E-state index in [-0.39, 0.29) is 6.04 Å². The number of rotatable bonds is 2. The molecule has 0 bridgehead atoms. The van der Waals surface area contributed by atoms with Crippen LogP contribution in [0.4, 0.5) is 0 Å². The van der Waals surface area contributed by atoms with Gasteiger partial charge in [-0.3, -0.25) is 5.10 Å². The third kappa shape index (κ3) is 1.67. The maximum absolute atomic E-state index is 5.81. The molecule has 0 saturated heterocycles. The molecule has 0 fully saturated rings. The second-order valence-corrected chi connectivity index (χ2v) is 3.38. The van der Waals surface area contributed by atoms with Crippen LogP contribution < -0.4 is 5.73 Å². The number of nitrogens with two attached hydrogens (primary N) is 1. The van der Waals surface area contributed by atoms with Gasteiger partial charge in [0.1, 0.15) is 0 Å². The molecule has 3 N–H and O–H groups in total. The van der Waals surface area contributed by atoms with Gasteiger partial charge in [-0.1, -0.05) is 18.2 Å². The molecule has 2 aromatic rings. The molecule has 1 aromatic heterocycles. The number of hydrogen-bond donors (Lipinski definition) is 2. The topological polar surface area (TPSA) is 54.7 Å². The highest BCUT2D eigenvalue weighted by atomic mass is 15.1. The smallest absolute Gasteiger partial charge is 0.0650 e. The summed E-state index contributed by atoms with van der Waals surface area (Å²) in [4.78, 5) is 0. The number of hydrogen-bond acceptors (Lipinski definition) is 2. The number of aromatic nitrogens is 2. The van der Waals surface area contributed by atoms with Crippen molar-refractivity contribution in [3.05, 3.63) is 42.1 Å². The van der Waals surface area contributed by atoms with Crippen LogP contribution in [0.1, 0.15) is 18.5 Å². The predicted molar refractivity (Wildman–Crippen MR) is 56.6 cm³/mol. The second-order valence-electron chi connectivity index (χ2n) is 3.38. The number of nitrogens with one attached hydrogen (secondary N) is 1. The van der Waals surface area contributed by atoms with Gasteiger partial charge < -0.3 is 5.73 Å². The molecule has 3 nitrogen and oxygen atoms in total. The normalized spacial score (nSPS) is 12.7. The first-order valence-electron chi connectivity index (χ1n) is 4.62. The molecule has 72 valence electrons. The Morgan fingerprint density at radius 3 is 2.86 bits per heavy atom. The zero-order valence-electron chi connectivity index (χ0n) is 8.07. The molecule has 0 radical (unpaired) electrons. The van der Waals surface area contributed by atoms with Crippen molar-refractivity contribution in [3.8, 4) is 11.3 Å². The summed E-state index contributed by atoms with van der Waals surface area (Å²) >= 11 is 0. The maximum Gasteiger partial charge on any atom is 0.0650 e. The van der Waals surface area contributed by atoms with Crippen LogP contribution in [0.25, 0.3) is 11.3 Å². The molecule has 0 aliphatic rings. The molecule has 0 amide bonds. The quantitative estimate of drug-likeness (QED) is 0.756. The van der Waals surface area contributed by atoms with E-state index in [1.54, 1.807) is 6.20 Å². The molecule has 0 spiro atoms. The fourth-order valence-corrected chi connectivity index (χ4v) is 1.41. The van der Waals surface area contributed by atoms with Crippen molar-refractivity contribution in [1.82, 2.24) is 10.2 Å². The fraction of sp³-hybridized carbons (Fsp3) is 0.182. The third-order valence-electron chi connectivity index (χ3n) is 2.22. The van der Waals surface area contributed by atoms with E-state index < -0.39 is 0 Å². The first-order valence-corrected chi connectivity index (χ1v) is 4.62. The van der Waals surface area contributed by atoms with Gasteiger partial charge in [0, 0.05) is 12.2 Å². The van der Waals surface area contributed by atoms with Crippen LogP contribution in [0.15, 0.2) is 36.5 Å². The van der Waals surface area contributed by atoms with Crippen molar-refractivity contribution in [1.29, 1.82) is 0 Å². The second kappa shape index (κ2) is 3.64. The summed E-state index contributed by atoms with van der Waals surface area (Å²) in [5.74, 6) is 0. The highest BCUT2D eigenvalue weighted by Crippen LogP contribution is 2.19. The van der Waals surface area contributed by atoms with E-state index in [0.717, 1.165) is 16.8 Å². The van der Waals surface area contributed by atoms with Gasteiger partial charge in [-0.2, -0.15) is 5.10 Å². The number of aromatic amines is 1. The molecule has 1 unspecified atom stereocenters. The number of H-pyrrole nitrogens is 1. The van der Waals surface area contributed by atoms with E-state index in [2.05, 4.69) is 16.3 Å². The van der Waals surface area contributed by atoms with E-state index in [0.29, 0.717) is 0 Å². The highest BCUT2D eigenvalue weighted by Gasteiger charge is 2.02. The van der Waals surface area contributed by atoms with Crippen LogP contribution in [0.5, 0.6) is 0 Å². The van der Waals surface area contributed by atoms with Crippen LogP contribution in [-0.4, -0.2) is 10.2 Å². The van der Waals surface area contributed by atoms with E-state index in [4.69, 9.17) is 5.73 Å². The molecule has 1 aromatic carbocycles. The van der Waals surface area contributed by atoms with Gasteiger partial charge in [0.2, 0.25) is 0 Å². The van der Waals surface area contributed by atoms with Gasteiger partial charge >= 0.3 is 0 Å². The van der Waals surface area contributed by atoms with Gasteiger partial charge in [0.05, 0.1) is 5.69 Å². The largest absolute Gasteiger partial charge is 0.324 e. The Hall–Kier alpha value is -1.61. The van der Waals surface area contributed by atoms with Crippen molar-refractivity contribution in [2.75, 3.05) is 0 Å². The molecule has 3 heteroatoms. The standard InChI is InChI=1S/C11H13N3/c1-8(12)9-3-2-4-10(7-9)11-5-6-13-14-11/h2-8H,12H2,1H3,(H,13,14). The van der Waals surface area contributed by atoms with Crippen molar-refractivity contribution in [2.24, 2.45) is 5.73 Å². The van der Waals surface area contributed by atoms with E-state index in [1.165, 1.54) is 0 Å². The Bertz CT molecular complexity index is 404. The van der Waals surface area contributed by atoms with E-state index >= 15 is 0 Å². The van der Waals surface area contributed by atoms with Crippen molar-refractivity contribution < 1.29 is 0 Å². The van der Waals surface area contributed by atoms with Crippen LogP contribution >= 0.6 is 0 Å². The minimum absolute atomic E-state index is 0.0675. The summed E-state index contributed by atoms with van der Waals surface area (Å²) in [6, 6.07) is 10.2. The van der Waals surface area contributed by atoms with Crippen molar-refractivity contribution in [3.63, 3.8) is 0 Å². The highest BCUT2D eigenvalue weighted by molar-refractivity contribution is 5.59. The number of benzene rings is 1. The molecule has 1 heterocycles. The summed E-state index contributed by atoms with van der Waals surface area (Å²) in [6.45, 7) is 1.98. The molecule has 0 aliphatic heterocycles. The Morgan fingerprint density at radius 2 is 2.21 bits per heavy atom. The maximum atomic E-state index is 5.81. The first kappa shape index (κ1) is 8.97.